The number of methoxy groups -OCH3 is 1. The maximum absolute atomic E-state index is 12.0. The van der Waals surface area contributed by atoms with Gasteiger partial charge in [-0.3, -0.25) is 0 Å². The summed E-state index contributed by atoms with van der Waals surface area (Å²) in [4.78, 5) is 16.3. The van der Waals surface area contributed by atoms with E-state index in [0.29, 0.717) is 11.3 Å². The number of ether oxygens (including phenoxy) is 2. The van der Waals surface area contributed by atoms with Crippen molar-refractivity contribution in [3.63, 3.8) is 0 Å². The molecule has 0 aliphatic carbocycles. The van der Waals surface area contributed by atoms with Gasteiger partial charge in [0.05, 0.1) is 11.6 Å². The number of nitrogens with zero attached hydrogens (tertiary/aromatic N) is 1. The Hall–Kier alpha value is -1.92. The summed E-state index contributed by atoms with van der Waals surface area (Å²) in [6.07, 6.45) is 1.69. The fourth-order valence-electron chi connectivity index (χ4n) is 2.05. The van der Waals surface area contributed by atoms with Gasteiger partial charge in [-0.25, -0.2) is 9.79 Å². The van der Waals surface area contributed by atoms with Crippen LogP contribution in [-0.4, -0.2) is 19.0 Å². The second kappa shape index (κ2) is 6.68. The first-order chi connectivity index (χ1) is 11.1. The molecule has 23 heavy (non-hydrogen) atoms. The van der Waals surface area contributed by atoms with Crippen molar-refractivity contribution in [2.45, 2.75) is 0 Å². The predicted octanol–water partition coefficient (Wildman–Crippen LogP) is 4.56. The highest BCUT2D eigenvalue weighted by Crippen LogP contribution is 2.28. The second-order valence-electron chi connectivity index (χ2n) is 4.74. The molecule has 0 aromatic heterocycles. The first-order valence-electron chi connectivity index (χ1n) is 6.69. The molecule has 0 bridgehead atoms. The van der Waals surface area contributed by atoms with E-state index in [1.165, 1.54) is 0 Å². The minimum Gasteiger partial charge on any atom is -0.496 e. The van der Waals surface area contributed by atoms with Gasteiger partial charge in [-0.1, -0.05) is 28.1 Å². The third-order valence-electron chi connectivity index (χ3n) is 3.19. The van der Waals surface area contributed by atoms with E-state index in [1.807, 2.05) is 24.3 Å². The standard InChI is InChI=1S/C17H11Br2NO3/c1-22-15-7-4-11(9-13(15)19)16-20-14(17(21)23-16)8-10-2-5-12(18)6-3-10/h2-9H,1H3/b14-8+. The minimum absolute atomic E-state index is 0.272. The monoisotopic (exact) mass is 435 g/mol. The number of rotatable bonds is 3. The molecule has 0 atom stereocenters. The van der Waals surface area contributed by atoms with Crippen molar-refractivity contribution >= 4 is 49.8 Å². The molecule has 116 valence electrons. The van der Waals surface area contributed by atoms with Gasteiger partial charge in [0.15, 0.2) is 5.70 Å². The fraction of sp³-hybridized carbons (Fsp3) is 0.0588. The number of aliphatic imine (C=N–C) groups is 1. The molecule has 6 heteroatoms. The average molecular weight is 437 g/mol. The van der Waals surface area contributed by atoms with Crippen LogP contribution in [0.5, 0.6) is 5.75 Å². The van der Waals surface area contributed by atoms with Gasteiger partial charge in [0.2, 0.25) is 5.90 Å². The molecule has 0 radical (unpaired) electrons. The topological polar surface area (TPSA) is 47.9 Å². The lowest BCUT2D eigenvalue weighted by molar-refractivity contribution is -0.129. The van der Waals surface area contributed by atoms with E-state index >= 15 is 0 Å². The summed E-state index contributed by atoms with van der Waals surface area (Å²) in [6, 6.07) is 13.0. The van der Waals surface area contributed by atoms with Crippen LogP contribution in [0.3, 0.4) is 0 Å². The third kappa shape index (κ3) is 3.54. The normalized spacial score (nSPS) is 15.5. The van der Waals surface area contributed by atoms with Gasteiger partial charge >= 0.3 is 5.97 Å². The van der Waals surface area contributed by atoms with Crippen LogP contribution in [0.4, 0.5) is 0 Å². The molecular formula is C17H11Br2NO3. The zero-order chi connectivity index (χ0) is 16.4. The number of cyclic esters (lactones) is 1. The van der Waals surface area contributed by atoms with Crippen LogP contribution in [0.25, 0.3) is 6.08 Å². The fourth-order valence-corrected chi connectivity index (χ4v) is 2.85. The molecular weight excluding hydrogens is 426 g/mol. The minimum atomic E-state index is -0.463. The summed E-state index contributed by atoms with van der Waals surface area (Å²) in [5.41, 5.74) is 1.85. The molecule has 0 spiro atoms. The number of carbonyl (C=O) groups is 1. The Kier molecular flexibility index (Phi) is 4.63. The van der Waals surface area contributed by atoms with Crippen molar-refractivity contribution in [2.24, 2.45) is 4.99 Å². The Morgan fingerprint density at radius 2 is 1.87 bits per heavy atom. The summed E-state index contributed by atoms with van der Waals surface area (Å²) in [5, 5.41) is 0. The van der Waals surface area contributed by atoms with Gasteiger partial charge in [0.1, 0.15) is 5.75 Å². The lowest BCUT2D eigenvalue weighted by Crippen LogP contribution is -2.05. The summed E-state index contributed by atoms with van der Waals surface area (Å²) in [7, 11) is 1.59. The van der Waals surface area contributed by atoms with Crippen LogP contribution in [0.1, 0.15) is 11.1 Å². The number of benzene rings is 2. The number of hydrogen-bond acceptors (Lipinski definition) is 4. The molecule has 0 N–H and O–H groups in total. The van der Waals surface area contributed by atoms with Crippen LogP contribution >= 0.6 is 31.9 Å². The quantitative estimate of drug-likeness (QED) is 0.523. The smallest absolute Gasteiger partial charge is 0.363 e. The van der Waals surface area contributed by atoms with Crippen LogP contribution in [-0.2, 0) is 9.53 Å². The van der Waals surface area contributed by atoms with Gasteiger partial charge in [-0.05, 0) is 57.9 Å². The summed E-state index contributed by atoms with van der Waals surface area (Å²) < 4.78 is 12.2. The molecule has 2 aromatic rings. The lowest BCUT2D eigenvalue weighted by atomic mass is 10.2. The van der Waals surface area contributed by atoms with Crippen molar-refractivity contribution in [1.82, 2.24) is 0 Å². The molecule has 2 aromatic carbocycles. The van der Waals surface area contributed by atoms with E-state index < -0.39 is 5.97 Å². The van der Waals surface area contributed by atoms with Crippen molar-refractivity contribution in [2.75, 3.05) is 7.11 Å². The second-order valence-corrected chi connectivity index (χ2v) is 6.51. The van der Waals surface area contributed by atoms with Crippen LogP contribution in [0, 0.1) is 0 Å². The molecule has 1 aliphatic heterocycles. The van der Waals surface area contributed by atoms with E-state index in [-0.39, 0.29) is 11.6 Å². The molecule has 3 rings (SSSR count). The maximum Gasteiger partial charge on any atom is 0.363 e. The number of hydrogen-bond donors (Lipinski definition) is 0. The SMILES string of the molecule is COc1ccc(C2=N/C(=C/c3ccc(Br)cc3)C(=O)O2)cc1Br. The van der Waals surface area contributed by atoms with Gasteiger partial charge in [-0.15, -0.1) is 0 Å². The highest BCUT2D eigenvalue weighted by Gasteiger charge is 2.24. The van der Waals surface area contributed by atoms with Crippen molar-refractivity contribution in [3.8, 4) is 5.75 Å². The van der Waals surface area contributed by atoms with Gasteiger partial charge in [0.25, 0.3) is 0 Å². The molecule has 0 amide bonds. The number of esters is 1. The van der Waals surface area contributed by atoms with Crippen LogP contribution in [0.2, 0.25) is 0 Å². The van der Waals surface area contributed by atoms with Gasteiger partial charge in [-0.2, -0.15) is 0 Å². The van der Waals surface area contributed by atoms with Gasteiger partial charge < -0.3 is 9.47 Å². The van der Waals surface area contributed by atoms with Crippen LogP contribution in [0.15, 0.2) is 62.1 Å². The van der Waals surface area contributed by atoms with E-state index in [9.17, 15) is 4.79 Å². The maximum atomic E-state index is 12.0. The summed E-state index contributed by atoms with van der Waals surface area (Å²) in [6.45, 7) is 0. The first kappa shape index (κ1) is 16.0. The van der Waals surface area contributed by atoms with Crippen molar-refractivity contribution in [3.05, 3.63) is 68.2 Å². The largest absolute Gasteiger partial charge is 0.496 e. The third-order valence-corrected chi connectivity index (χ3v) is 4.34. The Morgan fingerprint density at radius 1 is 1.13 bits per heavy atom. The molecule has 0 fully saturated rings. The summed E-state index contributed by atoms with van der Waals surface area (Å²) >= 11 is 6.78. The molecule has 0 unspecified atom stereocenters. The van der Waals surface area contributed by atoms with E-state index in [2.05, 4.69) is 36.9 Å². The lowest BCUT2D eigenvalue weighted by Gasteiger charge is -2.05. The van der Waals surface area contributed by atoms with E-state index in [1.54, 1.807) is 31.4 Å². The highest BCUT2D eigenvalue weighted by molar-refractivity contribution is 9.10. The number of halogens is 2. The molecule has 1 aliphatic rings. The Balaban J connectivity index is 1.92. The Labute approximate surface area is 150 Å². The Morgan fingerprint density at radius 3 is 2.52 bits per heavy atom. The molecule has 4 nitrogen and oxygen atoms in total. The highest BCUT2D eigenvalue weighted by atomic mass is 79.9. The van der Waals surface area contributed by atoms with Crippen molar-refractivity contribution < 1.29 is 14.3 Å². The predicted molar refractivity (Wildman–Crippen MR) is 95.4 cm³/mol. The summed E-state index contributed by atoms with van der Waals surface area (Å²) in [5.74, 6) is 0.515. The first-order valence-corrected chi connectivity index (χ1v) is 8.27. The zero-order valence-corrected chi connectivity index (χ0v) is 15.2. The molecule has 0 saturated heterocycles. The van der Waals surface area contributed by atoms with E-state index in [4.69, 9.17) is 9.47 Å². The molecule has 0 saturated carbocycles. The average Bonchev–Trinajstić information content (AvgIpc) is 2.90. The van der Waals surface area contributed by atoms with Crippen LogP contribution < -0.4 is 4.74 Å². The zero-order valence-electron chi connectivity index (χ0n) is 12.0. The van der Waals surface area contributed by atoms with E-state index in [0.717, 1.165) is 14.5 Å². The molecule has 1 heterocycles. The van der Waals surface area contributed by atoms with Gasteiger partial charge in [0, 0.05) is 10.0 Å². The Bertz CT molecular complexity index is 826. The van der Waals surface area contributed by atoms with Crippen molar-refractivity contribution in [1.29, 1.82) is 0 Å². The number of carbonyl (C=O) groups excluding carboxylic acids is 1.